The summed E-state index contributed by atoms with van der Waals surface area (Å²) in [6.07, 6.45) is 10.7. The fraction of sp³-hybridized carbons (Fsp3) is 0.615. The van der Waals surface area contributed by atoms with E-state index in [4.69, 9.17) is 0 Å². The summed E-state index contributed by atoms with van der Waals surface area (Å²) in [5.41, 5.74) is 1.37. The van der Waals surface area contributed by atoms with Crippen molar-refractivity contribution in [3.63, 3.8) is 0 Å². The fourth-order valence-corrected chi connectivity index (χ4v) is 1.32. The predicted molar refractivity (Wildman–Crippen MR) is 63.5 cm³/mol. The van der Waals surface area contributed by atoms with Gasteiger partial charge in [-0.3, -0.25) is 4.79 Å². The van der Waals surface area contributed by atoms with E-state index in [-0.39, 0.29) is 5.91 Å². The highest BCUT2D eigenvalue weighted by Gasteiger charge is 2.28. The number of carbonyl (C=O) groups excluding carboxylic acids is 1. The van der Waals surface area contributed by atoms with Crippen LogP contribution in [-0.4, -0.2) is 12.5 Å². The van der Waals surface area contributed by atoms with Crippen LogP contribution < -0.4 is 5.32 Å². The van der Waals surface area contributed by atoms with E-state index in [9.17, 15) is 4.79 Å². The van der Waals surface area contributed by atoms with E-state index in [0.717, 1.165) is 25.7 Å². The van der Waals surface area contributed by atoms with Crippen LogP contribution in [0.15, 0.2) is 23.8 Å². The second kappa shape index (κ2) is 6.44. The minimum Gasteiger partial charge on any atom is -0.352 e. The molecule has 1 aliphatic rings. The van der Waals surface area contributed by atoms with Gasteiger partial charge in [-0.25, -0.2) is 0 Å². The van der Waals surface area contributed by atoms with Crippen molar-refractivity contribution in [3.8, 4) is 0 Å². The van der Waals surface area contributed by atoms with Crippen LogP contribution >= 0.6 is 0 Å². The first-order valence-corrected chi connectivity index (χ1v) is 5.76. The van der Waals surface area contributed by atoms with Crippen LogP contribution in [0.5, 0.6) is 0 Å². The van der Waals surface area contributed by atoms with Crippen molar-refractivity contribution in [1.29, 1.82) is 0 Å². The number of hydrogen-bond acceptors (Lipinski definition) is 1. The molecular weight excluding hydrogens is 186 g/mol. The lowest BCUT2D eigenvalue weighted by Gasteiger charge is -1.98. The summed E-state index contributed by atoms with van der Waals surface area (Å²) >= 11 is 0. The normalized spacial score (nSPS) is 15.3. The standard InChI is InChI=1S/C13H21NO/c1-11(2)7-5-3-4-6-10-14-13(15)12-8-9-12/h4,6-7,12H,3,5,8-10H2,1-2H3,(H,14,15)/b6-4-. The topological polar surface area (TPSA) is 29.1 Å². The molecule has 0 heterocycles. The van der Waals surface area contributed by atoms with E-state index in [1.54, 1.807) is 0 Å². The van der Waals surface area contributed by atoms with E-state index in [1.165, 1.54) is 5.57 Å². The molecule has 0 aromatic rings. The van der Waals surface area contributed by atoms with Gasteiger partial charge in [-0.2, -0.15) is 0 Å². The summed E-state index contributed by atoms with van der Waals surface area (Å²) in [5, 5.41) is 2.90. The van der Waals surface area contributed by atoms with Gasteiger partial charge >= 0.3 is 0 Å². The summed E-state index contributed by atoms with van der Waals surface area (Å²) in [6, 6.07) is 0. The van der Waals surface area contributed by atoms with E-state index in [1.807, 2.05) is 6.08 Å². The predicted octanol–water partition coefficient (Wildman–Crippen LogP) is 2.82. The van der Waals surface area contributed by atoms with Crippen molar-refractivity contribution in [1.82, 2.24) is 5.32 Å². The van der Waals surface area contributed by atoms with Crippen molar-refractivity contribution in [2.75, 3.05) is 6.54 Å². The number of unbranched alkanes of at least 4 members (excludes halogenated alkanes) is 1. The Bertz CT molecular complexity index is 258. The molecule has 1 aliphatic carbocycles. The van der Waals surface area contributed by atoms with Crippen LogP contribution in [-0.2, 0) is 4.79 Å². The molecule has 2 nitrogen and oxygen atoms in total. The Labute approximate surface area is 92.4 Å². The molecule has 84 valence electrons. The Morgan fingerprint density at radius 2 is 2.00 bits per heavy atom. The summed E-state index contributed by atoms with van der Waals surface area (Å²) in [6.45, 7) is 4.91. The lowest BCUT2D eigenvalue weighted by atomic mass is 10.2. The Morgan fingerprint density at radius 1 is 1.27 bits per heavy atom. The highest BCUT2D eigenvalue weighted by molar-refractivity contribution is 5.80. The van der Waals surface area contributed by atoms with Crippen molar-refractivity contribution in [2.45, 2.75) is 39.5 Å². The Hall–Kier alpha value is -1.05. The van der Waals surface area contributed by atoms with Gasteiger partial charge in [-0.05, 0) is 39.5 Å². The lowest BCUT2D eigenvalue weighted by molar-refractivity contribution is -0.122. The van der Waals surface area contributed by atoms with Crippen molar-refractivity contribution >= 4 is 5.91 Å². The Kier molecular flexibility index (Phi) is 5.16. The molecule has 0 aromatic carbocycles. The number of amides is 1. The molecule has 0 atom stereocenters. The van der Waals surface area contributed by atoms with Crippen molar-refractivity contribution < 1.29 is 4.79 Å². The average molecular weight is 207 g/mol. The van der Waals surface area contributed by atoms with Gasteiger partial charge in [0, 0.05) is 12.5 Å². The van der Waals surface area contributed by atoms with Gasteiger partial charge in [0.25, 0.3) is 0 Å². The molecule has 0 radical (unpaired) electrons. The molecule has 0 unspecified atom stereocenters. The zero-order chi connectivity index (χ0) is 11.1. The van der Waals surface area contributed by atoms with Gasteiger partial charge in [0.05, 0.1) is 0 Å². The summed E-state index contributed by atoms with van der Waals surface area (Å²) in [5.74, 6) is 0.549. The quantitative estimate of drug-likeness (QED) is 0.526. The van der Waals surface area contributed by atoms with Crippen LogP contribution in [0.4, 0.5) is 0 Å². The molecule has 1 N–H and O–H groups in total. The third-order valence-corrected chi connectivity index (χ3v) is 2.39. The molecule has 1 amide bonds. The van der Waals surface area contributed by atoms with Crippen LogP contribution in [0.1, 0.15) is 39.5 Å². The second-order valence-corrected chi connectivity index (χ2v) is 4.35. The van der Waals surface area contributed by atoms with Crippen LogP contribution in [0.25, 0.3) is 0 Å². The second-order valence-electron chi connectivity index (χ2n) is 4.35. The minimum absolute atomic E-state index is 0.226. The van der Waals surface area contributed by atoms with Gasteiger partial charge in [0.2, 0.25) is 5.91 Å². The van der Waals surface area contributed by atoms with Gasteiger partial charge in [-0.15, -0.1) is 0 Å². The SMILES string of the molecule is CC(C)=CCC/C=C\CNC(=O)C1CC1. The highest BCUT2D eigenvalue weighted by atomic mass is 16.2. The molecule has 2 heteroatoms. The Morgan fingerprint density at radius 3 is 2.60 bits per heavy atom. The van der Waals surface area contributed by atoms with E-state index in [0.29, 0.717) is 12.5 Å². The van der Waals surface area contributed by atoms with Gasteiger partial charge in [0.15, 0.2) is 0 Å². The van der Waals surface area contributed by atoms with Crippen molar-refractivity contribution in [3.05, 3.63) is 23.8 Å². The fourth-order valence-electron chi connectivity index (χ4n) is 1.32. The number of rotatable bonds is 6. The van der Waals surface area contributed by atoms with Gasteiger partial charge < -0.3 is 5.32 Å². The molecule has 0 saturated heterocycles. The summed E-state index contributed by atoms with van der Waals surface area (Å²) in [7, 11) is 0. The number of nitrogens with one attached hydrogen (secondary N) is 1. The zero-order valence-corrected chi connectivity index (χ0v) is 9.75. The number of allylic oxidation sites excluding steroid dienone is 3. The third kappa shape index (κ3) is 6.10. The van der Waals surface area contributed by atoms with Crippen LogP contribution in [0.2, 0.25) is 0 Å². The molecule has 1 fully saturated rings. The maximum atomic E-state index is 11.2. The summed E-state index contributed by atoms with van der Waals surface area (Å²) in [4.78, 5) is 11.2. The number of hydrogen-bond donors (Lipinski definition) is 1. The largest absolute Gasteiger partial charge is 0.352 e. The first-order chi connectivity index (χ1) is 7.20. The molecule has 0 spiro atoms. The maximum absolute atomic E-state index is 11.2. The third-order valence-electron chi connectivity index (χ3n) is 2.39. The summed E-state index contributed by atoms with van der Waals surface area (Å²) < 4.78 is 0. The monoisotopic (exact) mass is 207 g/mol. The van der Waals surface area contributed by atoms with Gasteiger partial charge in [-0.1, -0.05) is 23.8 Å². The molecule has 0 aliphatic heterocycles. The Balaban J connectivity index is 1.96. The van der Waals surface area contributed by atoms with Crippen LogP contribution in [0.3, 0.4) is 0 Å². The van der Waals surface area contributed by atoms with Crippen molar-refractivity contribution in [2.24, 2.45) is 5.92 Å². The lowest BCUT2D eigenvalue weighted by Crippen LogP contribution is -2.24. The highest BCUT2D eigenvalue weighted by Crippen LogP contribution is 2.28. The molecule has 0 bridgehead atoms. The van der Waals surface area contributed by atoms with E-state index in [2.05, 4.69) is 31.3 Å². The minimum atomic E-state index is 0.226. The first kappa shape index (κ1) is 12.0. The molecule has 15 heavy (non-hydrogen) atoms. The molecule has 1 rings (SSSR count). The maximum Gasteiger partial charge on any atom is 0.223 e. The van der Waals surface area contributed by atoms with E-state index < -0.39 is 0 Å². The zero-order valence-electron chi connectivity index (χ0n) is 9.75. The average Bonchev–Trinajstić information content (AvgIpc) is 2.98. The first-order valence-electron chi connectivity index (χ1n) is 5.76. The van der Waals surface area contributed by atoms with Crippen LogP contribution in [0, 0.1) is 5.92 Å². The molecule has 0 aromatic heterocycles. The molecule has 1 saturated carbocycles. The smallest absolute Gasteiger partial charge is 0.223 e. The molecular formula is C13H21NO. The van der Waals surface area contributed by atoms with Gasteiger partial charge in [0.1, 0.15) is 0 Å². The number of carbonyl (C=O) groups is 1. The van der Waals surface area contributed by atoms with E-state index >= 15 is 0 Å².